The smallest absolute Gasteiger partial charge is 0.0240 e. The molecule has 0 unspecified atom stereocenters. The van der Waals surface area contributed by atoms with Crippen LogP contribution < -0.4 is 10.7 Å². The minimum Gasteiger partial charge on any atom is -0.261 e. The highest BCUT2D eigenvalue weighted by Gasteiger charge is 1.84. The Morgan fingerprint density at radius 3 is 2.44 bits per heavy atom. The molecule has 0 heterocycles. The van der Waals surface area contributed by atoms with E-state index in [-0.39, 0.29) is 0 Å². The fraction of sp³-hybridized carbons (Fsp3) is 0. The summed E-state index contributed by atoms with van der Waals surface area (Å²) in [7, 11) is 0. The molecule has 0 aromatic heterocycles. The first-order chi connectivity index (χ1) is 4.43. The van der Waals surface area contributed by atoms with Gasteiger partial charge in [0.05, 0.1) is 0 Å². The van der Waals surface area contributed by atoms with Gasteiger partial charge in [-0.1, -0.05) is 18.2 Å². The summed E-state index contributed by atoms with van der Waals surface area (Å²) in [6, 6.07) is 9.90. The summed E-state index contributed by atoms with van der Waals surface area (Å²) in [6.45, 7) is 0. The fourth-order valence-corrected chi connectivity index (χ4v) is 0.986. The number of hydrogen-bond acceptors (Lipinski definition) is 3. The molecular formula is C6H8N2S. The maximum absolute atomic E-state index is 5.07. The normalized spacial score (nSPS) is 9.44. The lowest BCUT2D eigenvalue weighted by Gasteiger charge is -1.94. The van der Waals surface area contributed by atoms with Crippen LogP contribution in [0.15, 0.2) is 35.2 Å². The molecule has 0 radical (unpaired) electrons. The Bertz CT molecular complexity index is 164. The quantitative estimate of drug-likeness (QED) is 0.368. The number of nitrogens with two attached hydrogens (primary N) is 1. The Balaban J connectivity index is 2.61. The van der Waals surface area contributed by atoms with E-state index in [0.717, 1.165) is 4.90 Å². The molecule has 0 spiro atoms. The van der Waals surface area contributed by atoms with Crippen molar-refractivity contribution in [3.8, 4) is 0 Å². The summed E-state index contributed by atoms with van der Waals surface area (Å²) in [6.07, 6.45) is 0. The van der Waals surface area contributed by atoms with E-state index in [1.807, 2.05) is 30.3 Å². The maximum atomic E-state index is 5.07. The van der Waals surface area contributed by atoms with Crippen molar-refractivity contribution < 1.29 is 0 Å². The van der Waals surface area contributed by atoms with Crippen LogP contribution in [-0.2, 0) is 0 Å². The average Bonchev–Trinajstić information content (AvgIpc) is 1.91. The highest BCUT2D eigenvalue weighted by molar-refractivity contribution is 7.97. The van der Waals surface area contributed by atoms with Gasteiger partial charge < -0.3 is 0 Å². The summed E-state index contributed by atoms with van der Waals surface area (Å²) in [5, 5.41) is 0. The molecule has 0 aliphatic heterocycles. The van der Waals surface area contributed by atoms with Crippen molar-refractivity contribution in [1.82, 2.24) is 4.83 Å². The van der Waals surface area contributed by atoms with Gasteiger partial charge in [-0.05, 0) is 24.1 Å². The number of benzene rings is 1. The third kappa shape index (κ3) is 2.05. The topological polar surface area (TPSA) is 38.0 Å². The molecule has 48 valence electrons. The Labute approximate surface area is 58.5 Å². The second-order valence-electron chi connectivity index (χ2n) is 1.53. The first kappa shape index (κ1) is 6.61. The van der Waals surface area contributed by atoms with Crippen molar-refractivity contribution in [3.63, 3.8) is 0 Å². The van der Waals surface area contributed by atoms with Crippen molar-refractivity contribution in [1.29, 1.82) is 0 Å². The minimum atomic E-state index is 1.13. The monoisotopic (exact) mass is 140 g/mol. The SMILES string of the molecule is NNSc1ccccc1. The highest BCUT2D eigenvalue weighted by atomic mass is 32.2. The predicted molar refractivity (Wildman–Crippen MR) is 39.6 cm³/mol. The molecule has 9 heavy (non-hydrogen) atoms. The van der Waals surface area contributed by atoms with E-state index >= 15 is 0 Å². The number of rotatable bonds is 2. The van der Waals surface area contributed by atoms with Crippen molar-refractivity contribution in [3.05, 3.63) is 30.3 Å². The van der Waals surface area contributed by atoms with Crippen molar-refractivity contribution >= 4 is 11.9 Å². The molecule has 1 aromatic rings. The van der Waals surface area contributed by atoms with E-state index in [1.54, 1.807) is 0 Å². The van der Waals surface area contributed by atoms with Gasteiger partial charge in [0.1, 0.15) is 0 Å². The first-order valence-electron chi connectivity index (χ1n) is 2.61. The van der Waals surface area contributed by atoms with Crippen LogP contribution in [-0.4, -0.2) is 0 Å². The van der Waals surface area contributed by atoms with Crippen LogP contribution in [0.2, 0.25) is 0 Å². The molecule has 0 amide bonds. The van der Waals surface area contributed by atoms with Crippen LogP contribution in [0.5, 0.6) is 0 Å². The third-order valence-electron chi connectivity index (χ3n) is 0.920. The van der Waals surface area contributed by atoms with Crippen molar-refractivity contribution in [2.75, 3.05) is 0 Å². The molecule has 0 fully saturated rings. The fourth-order valence-electron chi connectivity index (χ4n) is 0.557. The van der Waals surface area contributed by atoms with E-state index in [4.69, 9.17) is 5.84 Å². The highest BCUT2D eigenvalue weighted by Crippen LogP contribution is 2.10. The molecule has 0 atom stereocenters. The zero-order chi connectivity index (χ0) is 6.53. The summed E-state index contributed by atoms with van der Waals surface area (Å²) in [4.78, 5) is 3.63. The molecule has 3 N–H and O–H groups in total. The average molecular weight is 140 g/mol. The van der Waals surface area contributed by atoms with Gasteiger partial charge in [0, 0.05) is 4.90 Å². The molecule has 0 aliphatic carbocycles. The molecule has 0 saturated heterocycles. The molecule has 1 rings (SSSR count). The summed E-state index contributed by atoms with van der Waals surface area (Å²) in [5.41, 5.74) is 0. The van der Waals surface area contributed by atoms with Gasteiger partial charge in [-0.15, -0.1) is 0 Å². The van der Waals surface area contributed by atoms with Crippen LogP contribution in [0.4, 0.5) is 0 Å². The van der Waals surface area contributed by atoms with Crippen LogP contribution in [0.3, 0.4) is 0 Å². The van der Waals surface area contributed by atoms with Gasteiger partial charge in [0.15, 0.2) is 0 Å². The Morgan fingerprint density at radius 1 is 1.22 bits per heavy atom. The first-order valence-corrected chi connectivity index (χ1v) is 3.42. The Morgan fingerprint density at radius 2 is 1.89 bits per heavy atom. The second-order valence-corrected chi connectivity index (χ2v) is 2.44. The van der Waals surface area contributed by atoms with E-state index in [1.165, 1.54) is 11.9 Å². The van der Waals surface area contributed by atoms with Gasteiger partial charge in [-0.2, -0.15) is 4.83 Å². The van der Waals surface area contributed by atoms with Gasteiger partial charge in [-0.25, -0.2) is 0 Å². The molecule has 3 heteroatoms. The maximum Gasteiger partial charge on any atom is 0.0240 e. The third-order valence-corrected chi connectivity index (χ3v) is 1.55. The number of hydrazine groups is 1. The minimum absolute atomic E-state index is 1.13. The van der Waals surface area contributed by atoms with E-state index < -0.39 is 0 Å². The van der Waals surface area contributed by atoms with Gasteiger partial charge in [0.2, 0.25) is 0 Å². The number of nitrogens with one attached hydrogen (secondary N) is 1. The second kappa shape index (κ2) is 3.50. The van der Waals surface area contributed by atoms with Crippen molar-refractivity contribution in [2.24, 2.45) is 5.84 Å². The van der Waals surface area contributed by atoms with Gasteiger partial charge >= 0.3 is 0 Å². The van der Waals surface area contributed by atoms with E-state index in [9.17, 15) is 0 Å². The molecule has 0 bridgehead atoms. The summed E-state index contributed by atoms with van der Waals surface area (Å²) in [5.74, 6) is 5.07. The van der Waals surface area contributed by atoms with Crippen LogP contribution in [0.25, 0.3) is 0 Å². The van der Waals surface area contributed by atoms with Gasteiger partial charge in [0.25, 0.3) is 0 Å². The molecule has 0 saturated carbocycles. The van der Waals surface area contributed by atoms with Gasteiger partial charge in [-0.3, -0.25) is 5.84 Å². The lowest BCUT2D eigenvalue weighted by Crippen LogP contribution is -2.10. The Kier molecular flexibility index (Phi) is 2.57. The molecule has 2 nitrogen and oxygen atoms in total. The lowest BCUT2D eigenvalue weighted by molar-refractivity contribution is 1.11. The molecule has 0 aliphatic rings. The summed E-state index contributed by atoms with van der Waals surface area (Å²) >= 11 is 1.40. The van der Waals surface area contributed by atoms with Crippen molar-refractivity contribution in [2.45, 2.75) is 4.90 Å². The van der Waals surface area contributed by atoms with E-state index in [2.05, 4.69) is 4.83 Å². The predicted octanol–water partition coefficient (Wildman–Crippen LogP) is 1.16. The van der Waals surface area contributed by atoms with E-state index in [0.29, 0.717) is 0 Å². The lowest BCUT2D eigenvalue weighted by atomic mass is 10.4. The Hall–Kier alpha value is -0.510. The number of hydrogen-bond donors (Lipinski definition) is 2. The van der Waals surface area contributed by atoms with Crippen LogP contribution in [0.1, 0.15) is 0 Å². The zero-order valence-electron chi connectivity index (χ0n) is 4.87. The standard InChI is InChI=1S/C6H8N2S/c7-8-9-6-4-2-1-3-5-6/h1-5,8H,7H2. The largest absolute Gasteiger partial charge is 0.261 e. The molecular weight excluding hydrogens is 132 g/mol. The van der Waals surface area contributed by atoms with Crippen LogP contribution >= 0.6 is 11.9 Å². The zero-order valence-corrected chi connectivity index (χ0v) is 5.69. The summed E-state index contributed by atoms with van der Waals surface area (Å²) < 4.78 is 0. The molecule has 1 aromatic carbocycles. The van der Waals surface area contributed by atoms with Crippen LogP contribution in [0, 0.1) is 0 Å².